The lowest BCUT2D eigenvalue weighted by Crippen LogP contribution is -2.56. The Hall–Kier alpha value is -1.63. The van der Waals surface area contributed by atoms with Gasteiger partial charge in [-0.1, -0.05) is 11.6 Å². The van der Waals surface area contributed by atoms with Crippen molar-refractivity contribution in [2.75, 3.05) is 20.2 Å². The van der Waals surface area contributed by atoms with E-state index in [1.807, 2.05) is 13.1 Å². The molecule has 7 heteroatoms. The number of nitrogens with zero attached hydrogens (tertiary/aromatic N) is 2. The van der Waals surface area contributed by atoms with E-state index in [-0.39, 0.29) is 18.8 Å². The van der Waals surface area contributed by atoms with Crippen molar-refractivity contribution in [3.05, 3.63) is 50.2 Å². The van der Waals surface area contributed by atoms with E-state index in [0.717, 1.165) is 57.0 Å². The number of ether oxygens (including phenoxy) is 1. The van der Waals surface area contributed by atoms with Crippen molar-refractivity contribution in [2.45, 2.75) is 52.0 Å². The van der Waals surface area contributed by atoms with E-state index in [0.29, 0.717) is 6.54 Å². The van der Waals surface area contributed by atoms with Gasteiger partial charge in [-0.3, -0.25) is 14.5 Å². The molecule has 1 aliphatic carbocycles. The molecule has 31 heavy (non-hydrogen) atoms. The van der Waals surface area contributed by atoms with Crippen LogP contribution in [0.15, 0.2) is 22.7 Å². The van der Waals surface area contributed by atoms with Crippen LogP contribution in [0.25, 0.3) is 5.69 Å². The maximum Gasteiger partial charge on any atom is 0.317 e. The molecule has 1 aromatic carbocycles. The number of halogens is 2. The quantitative estimate of drug-likeness (QED) is 0.427. The lowest BCUT2D eigenvalue weighted by Gasteiger charge is -2.50. The van der Waals surface area contributed by atoms with Crippen LogP contribution in [0.5, 0.6) is 0 Å². The predicted octanol–water partition coefficient (Wildman–Crippen LogP) is 5.13. The minimum atomic E-state index is -0.729. The van der Waals surface area contributed by atoms with Crippen LogP contribution in [0.1, 0.15) is 48.7 Å². The third-order valence-electron chi connectivity index (χ3n) is 6.91. The lowest BCUT2D eigenvalue weighted by atomic mass is 9.69. The summed E-state index contributed by atoms with van der Waals surface area (Å²) in [6.07, 6.45) is 2.95. The van der Waals surface area contributed by atoms with E-state index in [4.69, 9.17) is 16.3 Å². The molecule has 0 bridgehead atoms. The number of aryl methyl sites for hydroxylation is 2. The first-order valence-electron chi connectivity index (χ1n) is 10.8. The summed E-state index contributed by atoms with van der Waals surface area (Å²) in [7, 11) is 2.01. The number of hydrogen-bond donors (Lipinski definition) is 0. The number of benzene rings is 1. The van der Waals surface area contributed by atoms with Crippen LogP contribution in [0.2, 0.25) is 5.02 Å². The molecule has 1 fully saturated rings. The zero-order valence-electron chi connectivity index (χ0n) is 18.4. The number of rotatable bonds is 3. The fourth-order valence-electron chi connectivity index (χ4n) is 5.38. The Bertz CT molecular complexity index is 1040. The van der Waals surface area contributed by atoms with Crippen molar-refractivity contribution in [2.24, 2.45) is 5.92 Å². The Morgan fingerprint density at radius 1 is 1.32 bits per heavy atom. The van der Waals surface area contributed by atoms with Gasteiger partial charge >= 0.3 is 5.97 Å². The van der Waals surface area contributed by atoms with E-state index in [9.17, 15) is 9.59 Å². The summed E-state index contributed by atoms with van der Waals surface area (Å²) in [5.74, 6) is -1.20. The molecule has 166 valence electrons. The smallest absolute Gasteiger partial charge is 0.317 e. The largest absolute Gasteiger partial charge is 0.465 e. The van der Waals surface area contributed by atoms with Crippen LogP contribution < -0.4 is 0 Å². The van der Waals surface area contributed by atoms with Crippen molar-refractivity contribution in [3.63, 3.8) is 0 Å². The number of esters is 1. The Morgan fingerprint density at radius 2 is 2.00 bits per heavy atom. The summed E-state index contributed by atoms with van der Waals surface area (Å²) in [6.45, 7) is 6.54. The van der Waals surface area contributed by atoms with Crippen molar-refractivity contribution in [3.8, 4) is 5.69 Å². The van der Waals surface area contributed by atoms with Gasteiger partial charge in [0.2, 0.25) is 0 Å². The molecule has 1 aliphatic heterocycles. The standard InChI is InChI=1S/C24H28BrClN2O3/c1-5-31-23(30)17-13-27(4)24(12-20(17)29)10-6-7-16-18(26)11-19(22(25)21(16)24)28-14(2)8-9-15(28)3/h8-9,11,17H,5-7,10,12-13H2,1-4H3. The molecular weight excluding hydrogens is 480 g/mol. The summed E-state index contributed by atoms with van der Waals surface area (Å²) in [5.41, 5.74) is 4.93. The van der Waals surface area contributed by atoms with Gasteiger partial charge in [-0.15, -0.1) is 0 Å². The summed E-state index contributed by atoms with van der Waals surface area (Å²) in [5, 5.41) is 0.730. The van der Waals surface area contributed by atoms with Gasteiger partial charge in [0.1, 0.15) is 5.92 Å². The molecule has 0 saturated carbocycles. The average molecular weight is 508 g/mol. The van der Waals surface area contributed by atoms with Crippen LogP contribution in [-0.2, 0) is 26.3 Å². The highest BCUT2D eigenvalue weighted by atomic mass is 79.9. The lowest BCUT2D eigenvalue weighted by molar-refractivity contribution is -0.157. The minimum Gasteiger partial charge on any atom is -0.465 e. The third kappa shape index (κ3) is 3.57. The van der Waals surface area contributed by atoms with Crippen LogP contribution in [0.4, 0.5) is 0 Å². The van der Waals surface area contributed by atoms with Gasteiger partial charge in [0.25, 0.3) is 0 Å². The average Bonchev–Trinajstić information content (AvgIpc) is 3.05. The van der Waals surface area contributed by atoms with Gasteiger partial charge in [-0.25, -0.2) is 0 Å². The third-order valence-corrected chi connectivity index (χ3v) is 8.05. The van der Waals surface area contributed by atoms with Gasteiger partial charge in [-0.2, -0.15) is 0 Å². The number of likely N-dealkylation sites (tertiary alicyclic amines) is 1. The summed E-state index contributed by atoms with van der Waals surface area (Å²) < 4.78 is 8.32. The molecule has 1 spiro atoms. The van der Waals surface area contributed by atoms with Crippen molar-refractivity contribution < 1.29 is 14.3 Å². The van der Waals surface area contributed by atoms with Crippen LogP contribution >= 0.6 is 27.5 Å². The molecule has 2 heterocycles. The highest BCUT2D eigenvalue weighted by Gasteiger charge is 2.51. The molecule has 1 aromatic heterocycles. The Kier molecular flexibility index (Phi) is 6.10. The first-order chi connectivity index (χ1) is 14.7. The van der Waals surface area contributed by atoms with Crippen molar-refractivity contribution in [1.82, 2.24) is 9.47 Å². The summed E-state index contributed by atoms with van der Waals surface area (Å²) in [6, 6.07) is 6.20. The molecule has 2 unspecified atom stereocenters. The van der Waals surface area contributed by atoms with Crippen molar-refractivity contribution in [1.29, 1.82) is 0 Å². The number of carbonyl (C=O) groups is 2. The van der Waals surface area contributed by atoms with Crippen LogP contribution in [0, 0.1) is 19.8 Å². The van der Waals surface area contributed by atoms with Gasteiger partial charge in [0.15, 0.2) is 5.78 Å². The molecule has 4 rings (SSSR count). The molecule has 2 aromatic rings. The molecule has 0 amide bonds. The molecule has 2 atom stereocenters. The number of Topliss-reactive ketones (excluding diaryl/α,β-unsaturated/α-hetero) is 1. The van der Waals surface area contributed by atoms with Crippen LogP contribution in [-0.4, -0.2) is 41.4 Å². The second-order valence-electron chi connectivity index (χ2n) is 8.71. The first-order valence-corrected chi connectivity index (χ1v) is 12.0. The van der Waals surface area contributed by atoms with Crippen LogP contribution in [0.3, 0.4) is 0 Å². The number of fused-ring (bicyclic) bond motifs is 2. The van der Waals surface area contributed by atoms with E-state index >= 15 is 0 Å². The zero-order valence-corrected chi connectivity index (χ0v) is 20.8. The Morgan fingerprint density at radius 3 is 2.65 bits per heavy atom. The molecule has 5 nitrogen and oxygen atoms in total. The van der Waals surface area contributed by atoms with E-state index in [1.54, 1.807) is 6.92 Å². The summed E-state index contributed by atoms with van der Waals surface area (Å²) in [4.78, 5) is 27.7. The molecule has 0 radical (unpaired) electrons. The Labute approximate surface area is 196 Å². The van der Waals surface area contributed by atoms with E-state index in [1.165, 1.54) is 0 Å². The number of ketones is 1. The van der Waals surface area contributed by atoms with E-state index < -0.39 is 17.4 Å². The number of carbonyl (C=O) groups excluding carboxylic acids is 2. The second kappa shape index (κ2) is 8.38. The second-order valence-corrected chi connectivity index (χ2v) is 9.91. The highest BCUT2D eigenvalue weighted by molar-refractivity contribution is 9.10. The molecular formula is C24H28BrClN2O3. The normalized spacial score (nSPS) is 23.8. The fraction of sp³-hybridized carbons (Fsp3) is 0.500. The topological polar surface area (TPSA) is 51.5 Å². The maximum absolute atomic E-state index is 13.2. The molecule has 1 saturated heterocycles. The monoisotopic (exact) mass is 506 g/mol. The Balaban J connectivity index is 1.86. The maximum atomic E-state index is 13.2. The van der Waals surface area contributed by atoms with Gasteiger partial charge < -0.3 is 9.30 Å². The first kappa shape index (κ1) is 22.6. The number of aromatic nitrogens is 1. The van der Waals surface area contributed by atoms with Crippen molar-refractivity contribution >= 4 is 39.3 Å². The van der Waals surface area contributed by atoms with Gasteiger partial charge in [-0.05, 0) is 92.3 Å². The zero-order chi connectivity index (χ0) is 22.5. The predicted molar refractivity (Wildman–Crippen MR) is 125 cm³/mol. The minimum absolute atomic E-state index is 0.0499. The highest BCUT2D eigenvalue weighted by Crippen LogP contribution is 2.51. The number of hydrogen-bond acceptors (Lipinski definition) is 4. The molecule has 0 N–H and O–H groups in total. The van der Waals surface area contributed by atoms with Gasteiger partial charge in [0.05, 0.1) is 17.8 Å². The van der Waals surface area contributed by atoms with Gasteiger partial charge in [0, 0.05) is 33.8 Å². The molecule has 2 aliphatic rings. The fourth-order valence-corrected chi connectivity index (χ4v) is 6.57. The van der Waals surface area contributed by atoms with E-state index in [2.05, 4.69) is 51.4 Å². The number of piperidine rings is 1. The SMILES string of the molecule is CCOC(=O)C1CN(C)C2(CCCc3c(Cl)cc(-n4c(C)ccc4C)c(Br)c32)CC1=O. The summed E-state index contributed by atoms with van der Waals surface area (Å²) >= 11 is 10.7.